The zero-order valence-corrected chi connectivity index (χ0v) is 16.4. The van der Waals surface area contributed by atoms with Crippen LogP contribution in [0.3, 0.4) is 0 Å². The third-order valence-corrected chi connectivity index (χ3v) is 4.32. The van der Waals surface area contributed by atoms with Gasteiger partial charge in [0.2, 0.25) is 5.91 Å². The molecule has 2 amide bonds. The molecule has 0 radical (unpaired) electrons. The molecule has 0 fully saturated rings. The first-order chi connectivity index (χ1) is 13.0. The van der Waals surface area contributed by atoms with Crippen LogP contribution >= 0.6 is 0 Å². The molecule has 2 N–H and O–H groups in total. The summed E-state index contributed by atoms with van der Waals surface area (Å²) < 4.78 is 5.39. The molecule has 2 aromatic carbocycles. The first-order valence-electron chi connectivity index (χ1n) is 9.38. The Bertz CT molecular complexity index is 769. The number of aryl methyl sites for hydroxylation is 1. The van der Waals surface area contributed by atoms with Gasteiger partial charge in [0.1, 0.15) is 11.8 Å². The van der Waals surface area contributed by atoms with E-state index in [4.69, 9.17) is 4.74 Å². The highest BCUT2D eigenvalue weighted by Gasteiger charge is 2.25. The van der Waals surface area contributed by atoms with Gasteiger partial charge in [-0.05, 0) is 55.2 Å². The molecule has 0 unspecified atom stereocenters. The molecule has 27 heavy (non-hydrogen) atoms. The molecular formula is C22H28N2O3. The molecule has 0 bridgehead atoms. The van der Waals surface area contributed by atoms with Crippen molar-refractivity contribution in [2.75, 3.05) is 11.9 Å². The van der Waals surface area contributed by atoms with E-state index in [1.807, 2.05) is 52.0 Å². The van der Waals surface area contributed by atoms with Crippen LogP contribution in [0.15, 0.2) is 48.5 Å². The predicted molar refractivity (Wildman–Crippen MR) is 108 cm³/mol. The van der Waals surface area contributed by atoms with Crippen LogP contribution in [-0.4, -0.2) is 24.5 Å². The van der Waals surface area contributed by atoms with Gasteiger partial charge in [-0.2, -0.15) is 0 Å². The van der Waals surface area contributed by atoms with Crippen LogP contribution < -0.4 is 15.4 Å². The SMILES string of the molecule is CCOc1ccc(C(=O)N[C@H](C(=O)Nc2ccccc2CC)C(C)C)cc1. The van der Waals surface area contributed by atoms with Gasteiger partial charge in [-0.15, -0.1) is 0 Å². The molecule has 0 aromatic heterocycles. The van der Waals surface area contributed by atoms with Gasteiger partial charge in [0.25, 0.3) is 5.91 Å². The molecule has 5 nitrogen and oxygen atoms in total. The van der Waals surface area contributed by atoms with E-state index in [0.717, 1.165) is 17.7 Å². The molecule has 0 saturated heterocycles. The van der Waals surface area contributed by atoms with Crippen LogP contribution in [0.1, 0.15) is 43.6 Å². The van der Waals surface area contributed by atoms with Gasteiger partial charge in [0.15, 0.2) is 0 Å². The third-order valence-electron chi connectivity index (χ3n) is 4.32. The van der Waals surface area contributed by atoms with Gasteiger partial charge in [-0.25, -0.2) is 0 Å². The van der Waals surface area contributed by atoms with E-state index in [1.165, 1.54) is 0 Å². The highest BCUT2D eigenvalue weighted by Crippen LogP contribution is 2.17. The summed E-state index contributed by atoms with van der Waals surface area (Å²) in [7, 11) is 0. The number of carbonyl (C=O) groups is 2. The van der Waals surface area contributed by atoms with Crippen molar-refractivity contribution in [1.82, 2.24) is 5.32 Å². The lowest BCUT2D eigenvalue weighted by Gasteiger charge is -2.22. The lowest BCUT2D eigenvalue weighted by molar-refractivity contribution is -0.118. The van der Waals surface area contributed by atoms with Gasteiger partial charge < -0.3 is 15.4 Å². The second-order valence-electron chi connectivity index (χ2n) is 6.65. The van der Waals surface area contributed by atoms with Crippen molar-refractivity contribution in [3.63, 3.8) is 0 Å². The smallest absolute Gasteiger partial charge is 0.251 e. The summed E-state index contributed by atoms with van der Waals surface area (Å²) in [4.78, 5) is 25.4. The first-order valence-corrected chi connectivity index (χ1v) is 9.38. The van der Waals surface area contributed by atoms with Crippen molar-refractivity contribution < 1.29 is 14.3 Å². The minimum atomic E-state index is -0.631. The first kappa shape index (κ1) is 20.5. The van der Waals surface area contributed by atoms with Crippen molar-refractivity contribution in [3.05, 3.63) is 59.7 Å². The Morgan fingerprint density at radius 3 is 2.26 bits per heavy atom. The molecular weight excluding hydrogens is 340 g/mol. The standard InChI is InChI=1S/C22H28N2O3/c1-5-16-9-7-8-10-19(16)23-22(26)20(15(3)4)24-21(25)17-11-13-18(14-12-17)27-6-2/h7-15,20H,5-6H2,1-4H3,(H,23,26)(H,24,25)/t20-/m0/s1. The van der Waals surface area contributed by atoms with E-state index in [1.54, 1.807) is 24.3 Å². The van der Waals surface area contributed by atoms with Crippen molar-refractivity contribution in [2.24, 2.45) is 5.92 Å². The average molecular weight is 368 g/mol. The Labute approximate surface area is 161 Å². The number of amides is 2. The van der Waals surface area contributed by atoms with Crippen LogP contribution in [0, 0.1) is 5.92 Å². The maximum atomic E-state index is 12.8. The summed E-state index contributed by atoms with van der Waals surface area (Å²) in [5, 5.41) is 5.80. The topological polar surface area (TPSA) is 67.4 Å². The zero-order valence-electron chi connectivity index (χ0n) is 16.4. The number of hydrogen-bond donors (Lipinski definition) is 2. The maximum Gasteiger partial charge on any atom is 0.251 e. The van der Waals surface area contributed by atoms with Crippen LogP contribution in [0.4, 0.5) is 5.69 Å². The third kappa shape index (κ3) is 5.58. The predicted octanol–water partition coefficient (Wildman–Crippen LogP) is 4.04. The number of rotatable bonds is 8. The molecule has 0 aliphatic carbocycles. The van der Waals surface area contributed by atoms with E-state index in [0.29, 0.717) is 17.9 Å². The summed E-state index contributed by atoms with van der Waals surface area (Å²) in [5.41, 5.74) is 2.34. The second-order valence-corrected chi connectivity index (χ2v) is 6.65. The van der Waals surface area contributed by atoms with Gasteiger partial charge >= 0.3 is 0 Å². The number of hydrogen-bond acceptors (Lipinski definition) is 3. The van der Waals surface area contributed by atoms with Crippen LogP contribution in [-0.2, 0) is 11.2 Å². The molecule has 0 aliphatic heterocycles. The van der Waals surface area contributed by atoms with Gasteiger partial charge in [-0.1, -0.05) is 39.0 Å². The molecule has 0 saturated carbocycles. The van der Waals surface area contributed by atoms with Gasteiger partial charge in [0.05, 0.1) is 6.61 Å². The maximum absolute atomic E-state index is 12.8. The fourth-order valence-corrected chi connectivity index (χ4v) is 2.79. The van der Waals surface area contributed by atoms with E-state index in [-0.39, 0.29) is 17.7 Å². The molecule has 144 valence electrons. The van der Waals surface area contributed by atoms with Crippen molar-refractivity contribution in [1.29, 1.82) is 0 Å². The van der Waals surface area contributed by atoms with Crippen molar-refractivity contribution in [2.45, 2.75) is 40.2 Å². The highest BCUT2D eigenvalue weighted by atomic mass is 16.5. The lowest BCUT2D eigenvalue weighted by Crippen LogP contribution is -2.47. The molecule has 2 aromatic rings. The van der Waals surface area contributed by atoms with E-state index < -0.39 is 6.04 Å². The Morgan fingerprint density at radius 1 is 1.00 bits per heavy atom. The lowest BCUT2D eigenvalue weighted by atomic mass is 10.0. The minimum absolute atomic E-state index is 0.0505. The average Bonchev–Trinajstić information content (AvgIpc) is 2.66. The summed E-state index contributed by atoms with van der Waals surface area (Å²) in [5.74, 6) is 0.162. The number of para-hydroxylation sites is 1. The molecule has 0 heterocycles. The number of nitrogens with one attached hydrogen (secondary N) is 2. The highest BCUT2D eigenvalue weighted by molar-refractivity contribution is 6.01. The number of anilines is 1. The van der Waals surface area contributed by atoms with E-state index in [2.05, 4.69) is 10.6 Å². The monoisotopic (exact) mass is 368 g/mol. The van der Waals surface area contributed by atoms with E-state index in [9.17, 15) is 9.59 Å². The zero-order chi connectivity index (χ0) is 19.8. The summed E-state index contributed by atoms with van der Waals surface area (Å²) in [6.45, 7) is 8.34. The van der Waals surface area contributed by atoms with Crippen molar-refractivity contribution in [3.8, 4) is 5.75 Å². The molecule has 0 spiro atoms. The Balaban J connectivity index is 2.09. The molecule has 5 heteroatoms. The quantitative estimate of drug-likeness (QED) is 0.739. The summed E-state index contributed by atoms with van der Waals surface area (Å²) >= 11 is 0. The molecule has 2 rings (SSSR count). The Kier molecular flexibility index (Phi) is 7.41. The summed E-state index contributed by atoms with van der Waals surface area (Å²) in [6.07, 6.45) is 0.821. The van der Waals surface area contributed by atoms with Gasteiger partial charge in [0, 0.05) is 11.3 Å². The second kappa shape index (κ2) is 9.76. The van der Waals surface area contributed by atoms with Crippen molar-refractivity contribution >= 4 is 17.5 Å². The number of benzene rings is 2. The minimum Gasteiger partial charge on any atom is -0.494 e. The molecule has 1 atom stereocenters. The molecule has 0 aliphatic rings. The Morgan fingerprint density at radius 2 is 1.67 bits per heavy atom. The van der Waals surface area contributed by atoms with Crippen LogP contribution in [0.25, 0.3) is 0 Å². The number of carbonyl (C=O) groups excluding carboxylic acids is 2. The number of ether oxygens (including phenoxy) is 1. The van der Waals surface area contributed by atoms with Gasteiger partial charge in [-0.3, -0.25) is 9.59 Å². The fraction of sp³-hybridized carbons (Fsp3) is 0.364. The normalized spacial score (nSPS) is 11.7. The van der Waals surface area contributed by atoms with Crippen LogP contribution in [0.5, 0.6) is 5.75 Å². The Hall–Kier alpha value is -2.82. The van der Waals surface area contributed by atoms with E-state index >= 15 is 0 Å². The fourth-order valence-electron chi connectivity index (χ4n) is 2.79. The van der Waals surface area contributed by atoms with Crippen LogP contribution in [0.2, 0.25) is 0 Å². The largest absolute Gasteiger partial charge is 0.494 e. The summed E-state index contributed by atoms with van der Waals surface area (Å²) in [6, 6.07) is 14.0.